The van der Waals surface area contributed by atoms with Crippen molar-refractivity contribution in [3.8, 4) is 0 Å². The Morgan fingerprint density at radius 2 is 2.06 bits per heavy atom. The van der Waals surface area contributed by atoms with Crippen molar-refractivity contribution in [2.75, 3.05) is 32.7 Å². The molecule has 0 unspecified atom stereocenters. The lowest BCUT2D eigenvalue weighted by molar-refractivity contribution is 0.244. The van der Waals surface area contributed by atoms with E-state index in [4.69, 9.17) is 0 Å². The van der Waals surface area contributed by atoms with Crippen molar-refractivity contribution < 1.29 is 0 Å². The van der Waals surface area contributed by atoms with Gasteiger partial charge < -0.3 is 10.2 Å². The highest BCUT2D eigenvalue weighted by atomic mass is 79.9. The molecule has 1 heterocycles. The summed E-state index contributed by atoms with van der Waals surface area (Å²) in [7, 11) is 0. The fraction of sp³-hybridized carbons (Fsp3) is 0.538. The molecular weight excluding hydrogens is 264 g/mol. The molecule has 3 heteroatoms. The summed E-state index contributed by atoms with van der Waals surface area (Å²) in [4.78, 5) is 2.54. The molecule has 0 aliphatic carbocycles. The molecule has 88 valence electrons. The second-order valence-electron chi connectivity index (χ2n) is 4.37. The highest BCUT2D eigenvalue weighted by Crippen LogP contribution is 2.19. The van der Waals surface area contributed by atoms with Gasteiger partial charge in [0.15, 0.2) is 0 Å². The fourth-order valence-corrected chi connectivity index (χ4v) is 2.54. The highest BCUT2D eigenvalue weighted by molar-refractivity contribution is 9.10. The van der Waals surface area contributed by atoms with Gasteiger partial charge in [-0.2, -0.15) is 0 Å². The van der Waals surface area contributed by atoms with Crippen LogP contribution in [0, 0.1) is 6.92 Å². The van der Waals surface area contributed by atoms with Gasteiger partial charge in [-0.05, 0) is 30.5 Å². The van der Waals surface area contributed by atoms with Crippen LogP contribution in [0.1, 0.15) is 11.1 Å². The Balaban J connectivity index is 1.91. The summed E-state index contributed by atoms with van der Waals surface area (Å²) in [5.41, 5.74) is 2.85. The summed E-state index contributed by atoms with van der Waals surface area (Å²) in [5, 5.41) is 3.38. The minimum Gasteiger partial charge on any atom is -0.314 e. The molecule has 2 rings (SSSR count). The van der Waals surface area contributed by atoms with Gasteiger partial charge >= 0.3 is 0 Å². The molecule has 0 amide bonds. The van der Waals surface area contributed by atoms with Crippen molar-refractivity contribution in [1.82, 2.24) is 10.2 Å². The number of piperazine rings is 1. The van der Waals surface area contributed by atoms with Crippen LogP contribution in [0.15, 0.2) is 22.7 Å². The average Bonchev–Trinajstić information content (AvgIpc) is 2.32. The lowest BCUT2D eigenvalue weighted by Crippen LogP contribution is -2.44. The van der Waals surface area contributed by atoms with Crippen LogP contribution in [0.25, 0.3) is 0 Å². The Morgan fingerprint density at radius 3 is 2.81 bits per heavy atom. The van der Waals surface area contributed by atoms with Gasteiger partial charge in [-0.3, -0.25) is 0 Å². The van der Waals surface area contributed by atoms with Gasteiger partial charge in [-0.15, -0.1) is 0 Å². The van der Waals surface area contributed by atoms with E-state index >= 15 is 0 Å². The van der Waals surface area contributed by atoms with E-state index in [1.807, 2.05) is 0 Å². The first-order chi connectivity index (χ1) is 7.77. The molecule has 16 heavy (non-hydrogen) atoms. The zero-order valence-electron chi connectivity index (χ0n) is 9.80. The van der Waals surface area contributed by atoms with E-state index in [0.717, 1.165) is 19.5 Å². The number of hydrogen-bond acceptors (Lipinski definition) is 2. The van der Waals surface area contributed by atoms with Crippen molar-refractivity contribution in [1.29, 1.82) is 0 Å². The summed E-state index contributed by atoms with van der Waals surface area (Å²) >= 11 is 3.59. The quantitative estimate of drug-likeness (QED) is 0.915. The predicted octanol–water partition coefficient (Wildman–Crippen LogP) is 2.21. The van der Waals surface area contributed by atoms with Gasteiger partial charge in [0.25, 0.3) is 0 Å². The summed E-state index contributed by atoms with van der Waals surface area (Å²) in [6.07, 6.45) is 1.16. The lowest BCUT2D eigenvalue weighted by Gasteiger charge is -2.27. The number of benzene rings is 1. The van der Waals surface area contributed by atoms with Crippen LogP contribution in [0.3, 0.4) is 0 Å². The minimum absolute atomic E-state index is 1.14. The van der Waals surface area contributed by atoms with E-state index in [2.05, 4.69) is 51.3 Å². The van der Waals surface area contributed by atoms with Gasteiger partial charge in [0, 0.05) is 37.2 Å². The van der Waals surface area contributed by atoms with Crippen LogP contribution in [0.2, 0.25) is 0 Å². The van der Waals surface area contributed by atoms with Gasteiger partial charge in [-0.1, -0.05) is 28.1 Å². The zero-order chi connectivity index (χ0) is 11.4. The highest BCUT2D eigenvalue weighted by Gasteiger charge is 2.10. The van der Waals surface area contributed by atoms with Gasteiger partial charge in [-0.25, -0.2) is 0 Å². The molecule has 1 aromatic carbocycles. The number of nitrogens with zero attached hydrogens (tertiary/aromatic N) is 1. The number of rotatable bonds is 3. The molecule has 0 saturated carbocycles. The van der Waals surface area contributed by atoms with Crippen LogP contribution in [0.4, 0.5) is 0 Å². The molecule has 0 radical (unpaired) electrons. The van der Waals surface area contributed by atoms with Crippen LogP contribution in [-0.4, -0.2) is 37.6 Å². The molecule has 1 fully saturated rings. The monoisotopic (exact) mass is 282 g/mol. The maximum absolute atomic E-state index is 3.59. The van der Waals surface area contributed by atoms with Crippen LogP contribution >= 0.6 is 15.9 Å². The minimum atomic E-state index is 1.14. The first kappa shape index (κ1) is 12.1. The Kier molecular flexibility index (Phi) is 4.38. The van der Waals surface area contributed by atoms with Crippen molar-refractivity contribution in [2.45, 2.75) is 13.3 Å². The SMILES string of the molecule is Cc1c(Br)cccc1CCN1CCNCC1. The van der Waals surface area contributed by atoms with Crippen LogP contribution < -0.4 is 5.32 Å². The second-order valence-corrected chi connectivity index (χ2v) is 5.22. The van der Waals surface area contributed by atoms with E-state index in [9.17, 15) is 0 Å². The molecule has 1 N–H and O–H groups in total. The molecule has 0 bridgehead atoms. The van der Waals surface area contributed by atoms with E-state index in [0.29, 0.717) is 0 Å². The van der Waals surface area contributed by atoms with E-state index in [-0.39, 0.29) is 0 Å². The first-order valence-electron chi connectivity index (χ1n) is 5.94. The van der Waals surface area contributed by atoms with Crippen molar-refractivity contribution in [2.24, 2.45) is 0 Å². The third-order valence-electron chi connectivity index (χ3n) is 3.29. The third kappa shape index (κ3) is 3.06. The molecule has 1 aliphatic heterocycles. The summed E-state index contributed by atoms with van der Waals surface area (Å²) in [6.45, 7) is 8.02. The number of nitrogens with one attached hydrogen (secondary N) is 1. The zero-order valence-corrected chi connectivity index (χ0v) is 11.4. The van der Waals surface area contributed by atoms with Crippen molar-refractivity contribution in [3.05, 3.63) is 33.8 Å². The maximum atomic E-state index is 3.59. The Bertz CT molecular complexity index is 346. The van der Waals surface area contributed by atoms with Gasteiger partial charge in [0.2, 0.25) is 0 Å². The molecule has 0 aromatic heterocycles. The van der Waals surface area contributed by atoms with Crippen molar-refractivity contribution >= 4 is 15.9 Å². The van der Waals surface area contributed by atoms with Crippen LogP contribution in [-0.2, 0) is 6.42 Å². The molecule has 2 nitrogen and oxygen atoms in total. The topological polar surface area (TPSA) is 15.3 Å². The summed E-state index contributed by atoms with van der Waals surface area (Å²) < 4.78 is 1.23. The molecule has 0 atom stereocenters. The molecule has 0 spiro atoms. The van der Waals surface area contributed by atoms with E-state index in [1.54, 1.807) is 0 Å². The third-order valence-corrected chi connectivity index (χ3v) is 4.15. The molecule has 1 saturated heterocycles. The summed E-state index contributed by atoms with van der Waals surface area (Å²) in [6, 6.07) is 6.48. The fourth-order valence-electron chi connectivity index (χ4n) is 2.14. The smallest absolute Gasteiger partial charge is 0.0207 e. The normalized spacial score (nSPS) is 17.6. The Morgan fingerprint density at radius 1 is 1.31 bits per heavy atom. The number of halogens is 1. The van der Waals surface area contributed by atoms with Gasteiger partial charge in [0.1, 0.15) is 0 Å². The second kappa shape index (κ2) is 5.80. The first-order valence-corrected chi connectivity index (χ1v) is 6.74. The largest absolute Gasteiger partial charge is 0.314 e. The predicted molar refractivity (Wildman–Crippen MR) is 71.9 cm³/mol. The number of hydrogen-bond donors (Lipinski definition) is 1. The van der Waals surface area contributed by atoms with E-state index < -0.39 is 0 Å². The lowest BCUT2D eigenvalue weighted by atomic mass is 10.1. The molecule has 1 aliphatic rings. The van der Waals surface area contributed by atoms with Crippen LogP contribution in [0.5, 0.6) is 0 Å². The van der Waals surface area contributed by atoms with Crippen molar-refractivity contribution in [3.63, 3.8) is 0 Å². The summed E-state index contributed by atoms with van der Waals surface area (Å²) in [5.74, 6) is 0. The Hall–Kier alpha value is -0.380. The average molecular weight is 283 g/mol. The Labute approximate surface area is 106 Å². The molecule has 1 aromatic rings. The maximum Gasteiger partial charge on any atom is 0.0207 e. The molecular formula is C13H19BrN2. The van der Waals surface area contributed by atoms with E-state index in [1.165, 1.54) is 35.2 Å². The van der Waals surface area contributed by atoms with Gasteiger partial charge in [0.05, 0.1) is 0 Å². The standard InChI is InChI=1S/C13H19BrN2/c1-11-12(3-2-4-13(11)14)5-8-16-9-6-15-7-10-16/h2-4,15H,5-10H2,1H3.